The Morgan fingerprint density at radius 3 is 2.82 bits per heavy atom. The molecular weight excluding hydrogens is 484 g/mol. The van der Waals surface area contributed by atoms with Crippen molar-refractivity contribution in [2.24, 2.45) is 0 Å². The smallest absolute Gasteiger partial charge is 0.247 e. The molecule has 0 unspecified atom stereocenters. The largest absolute Gasteiger partial charge is 0.363 e. The predicted molar refractivity (Wildman–Crippen MR) is 141 cm³/mol. The minimum absolute atomic E-state index is 0.117. The van der Waals surface area contributed by atoms with Crippen LogP contribution < -0.4 is 15.6 Å². The molecule has 198 valence electrons. The Morgan fingerprint density at radius 2 is 2.08 bits per heavy atom. The van der Waals surface area contributed by atoms with Crippen LogP contribution in [0.2, 0.25) is 0 Å². The van der Waals surface area contributed by atoms with Gasteiger partial charge in [-0.05, 0) is 31.7 Å². The lowest BCUT2D eigenvalue weighted by molar-refractivity contribution is -0.133. The monoisotopic (exact) mass is 516 g/mol. The second-order valence-corrected chi connectivity index (χ2v) is 10.4. The number of pyridine rings is 1. The second-order valence-electron chi connectivity index (χ2n) is 10.4. The lowest BCUT2D eigenvalue weighted by Gasteiger charge is -2.50. The summed E-state index contributed by atoms with van der Waals surface area (Å²) in [5.74, 6) is 0.607. The molecule has 2 fully saturated rings. The molecule has 38 heavy (non-hydrogen) atoms. The highest BCUT2D eigenvalue weighted by molar-refractivity contribution is 5.78. The zero-order valence-electron chi connectivity index (χ0n) is 21.7. The summed E-state index contributed by atoms with van der Waals surface area (Å²) in [5.41, 5.74) is 6.57. The van der Waals surface area contributed by atoms with E-state index >= 15 is 0 Å². The van der Waals surface area contributed by atoms with Gasteiger partial charge in [0.2, 0.25) is 11.9 Å². The Kier molecular flexibility index (Phi) is 6.13. The third kappa shape index (κ3) is 4.52. The number of likely N-dealkylation sites (N-methyl/N-ethyl adjacent to an activating group) is 1. The summed E-state index contributed by atoms with van der Waals surface area (Å²) in [7, 11) is 2.08. The van der Waals surface area contributed by atoms with Gasteiger partial charge in [-0.3, -0.25) is 9.48 Å². The van der Waals surface area contributed by atoms with E-state index in [0.717, 1.165) is 48.8 Å². The molecule has 2 saturated heterocycles. The fourth-order valence-corrected chi connectivity index (χ4v) is 5.27. The van der Waals surface area contributed by atoms with Gasteiger partial charge in [-0.2, -0.15) is 15.3 Å². The summed E-state index contributed by atoms with van der Waals surface area (Å²) in [6.45, 7) is 7.53. The first-order chi connectivity index (χ1) is 18.4. The van der Waals surface area contributed by atoms with Crippen LogP contribution in [-0.2, 0) is 10.3 Å². The number of carbonyl (C=O) groups is 1. The number of aryl methyl sites for hydroxylation is 1. The molecule has 0 aliphatic carbocycles. The topological polar surface area (TPSA) is 126 Å². The molecule has 3 aromatic heterocycles. The highest BCUT2D eigenvalue weighted by atomic mass is 16.2. The molecule has 0 saturated carbocycles. The molecule has 3 aliphatic rings. The molecule has 6 rings (SSSR count). The van der Waals surface area contributed by atoms with E-state index in [9.17, 15) is 10.1 Å². The molecule has 0 atom stereocenters. The van der Waals surface area contributed by atoms with Crippen molar-refractivity contribution < 1.29 is 4.79 Å². The van der Waals surface area contributed by atoms with Crippen LogP contribution in [0.1, 0.15) is 12.0 Å². The predicted octanol–water partition coefficient (Wildman–Crippen LogP) is 0.211. The maximum Gasteiger partial charge on any atom is 0.247 e. The number of fused-ring (bicyclic) bond motifs is 1. The minimum Gasteiger partial charge on any atom is -0.363 e. The highest BCUT2D eigenvalue weighted by Gasteiger charge is 2.46. The SMILES string of the molecule is Cc1cnn(C2(CC#N)CN(c3cccn4nc(NC5=CN(CC(=O)N6CCN(C)CC6)NC5)nc34)C2)c1. The number of hydrogen-bond donors (Lipinski definition) is 2. The van der Waals surface area contributed by atoms with Crippen molar-refractivity contribution in [2.75, 3.05) is 69.6 Å². The van der Waals surface area contributed by atoms with Gasteiger partial charge >= 0.3 is 0 Å². The van der Waals surface area contributed by atoms with Crippen molar-refractivity contribution in [3.63, 3.8) is 0 Å². The average Bonchev–Trinajstić information content (AvgIpc) is 3.61. The molecule has 13 heteroatoms. The van der Waals surface area contributed by atoms with E-state index in [2.05, 4.69) is 43.9 Å². The zero-order valence-corrected chi connectivity index (χ0v) is 21.7. The van der Waals surface area contributed by atoms with E-state index in [1.165, 1.54) is 0 Å². The Balaban J connectivity index is 1.12. The first kappa shape index (κ1) is 24.2. The summed E-state index contributed by atoms with van der Waals surface area (Å²) >= 11 is 0. The van der Waals surface area contributed by atoms with Crippen molar-refractivity contribution in [2.45, 2.75) is 18.9 Å². The Bertz CT molecular complexity index is 1400. The summed E-state index contributed by atoms with van der Waals surface area (Å²) < 4.78 is 3.69. The molecule has 0 bridgehead atoms. The standard InChI is InChI=1S/C25H32N12O/c1-19-12-28-37(14-19)25(5-6-26)17-34(18-25)21-4-3-7-36-23(21)30-24(31-36)29-20-13-27-35(15-20)16-22(38)33-10-8-32(2)9-11-33/h3-4,7,12,14-15,27H,5,8-11,13,16-18H2,1-2H3,(H,29,31). The van der Waals surface area contributed by atoms with E-state index < -0.39 is 0 Å². The van der Waals surface area contributed by atoms with Gasteiger partial charge in [0.1, 0.15) is 12.1 Å². The molecule has 3 aromatic rings. The van der Waals surface area contributed by atoms with Crippen molar-refractivity contribution in [1.29, 1.82) is 5.26 Å². The van der Waals surface area contributed by atoms with Crippen molar-refractivity contribution >= 4 is 23.2 Å². The molecule has 13 nitrogen and oxygen atoms in total. The van der Waals surface area contributed by atoms with Gasteiger partial charge < -0.3 is 25.0 Å². The number of carbonyl (C=O) groups excluding carboxylic acids is 1. The number of rotatable bonds is 7. The lowest BCUT2D eigenvalue weighted by atomic mass is 9.86. The zero-order chi connectivity index (χ0) is 26.3. The summed E-state index contributed by atoms with van der Waals surface area (Å²) in [5, 5.41) is 23.7. The first-order valence-corrected chi connectivity index (χ1v) is 12.9. The summed E-state index contributed by atoms with van der Waals surface area (Å²) in [4.78, 5) is 23.8. The van der Waals surface area contributed by atoms with Crippen LogP contribution in [0.25, 0.3) is 5.65 Å². The number of hydrogen-bond acceptors (Lipinski definition) is 10. The van der Waals surface area contributed by atoms with E-state index in [1.54, 1.807) is 4.52 Å². The van der Waals surface area contributed by atoms with Crippen molar-refractivity contribution in [1.82, 2.24) is 44.6 Å². The van der Waals surface area contributed by atoms with E-state index in [1.807, 2.05) is 58.4 Å². The molecular formula is C25H32N12O. The third-order valence-corrected chi connectivity index (χ3v) is 7.48. The first-order valence-electron chi connectivity index (χ1n) is 12.9. The van der Waals surface area contributed by atoms with Crippen LogP contribution >= 0.6 is 0 Å². The number of nitrogens with one attached hydrogen (secondary N) is 2. The fraction of sp³-hybridized carbons (Fsp3) is 0.480. The number of nitriles is 1. The van der Waals surface area contributed by atoms with Gasteiger partial charge in [0.05, 0.1) is 36.6 Å². The maximum absolute atomic E-state index is 12.7. The third-order valence-electron chi connectivity index (χ3n) is 7.48. The van der Waals surface area contributed by atoms with Gasteiger partial charge in [0.15, 0.2) is 5.65 Å². The second kappa shape index (κ2) is 9.62. The molecule has 1 amide bonds. The number of nitrogens with zero attached hydrogens (tertiary/aromatic N) is 10. The van der Waals surface area contributed by atoms with Gasteiger partial charge in [0, 0.05) is 57.9 Å². The van der Waals surface area contributed by atoms with Crippen molar-refractivity contribution in [3.8, 4) is 6.07 Å². The molecule has 2 N–H and O–H groups in total. The van der Waals surface area contributed by atoms with Gasteiger partial charge in [-0.1, -0.05) is 0 Å². The van der Waals surface area contributed by atoms with Crippen LogP contribution in [0.15, 0.2) is 42.6 Å². The Morgan fingerprint density at radius 1 is 1.26 bits per heavy atom. The quantitative estimate of drug-likeness (QED) is 0.450. The molecule has 6 heterocycles. The van der Waals surface area contributed by atoms with Crippen LogP contribution in [-0.4, -0.2) is 105 Å². The van der Waals surface area contributed by atoms with Crippen molar-refractivity contribution in [3.05, 3.63) is 48.2 Å². The number of anilines is 2. The number of piperazine rings is 1. The summed E-state index contributed by atoms with van der Waals surface area (Å²) in [6.07, 6.45) is 7.99. The van der Waals surface area contributed by atoms with E-state index in [0.29, 0.717) is 32.0 Å². The van der Waals surface area contributed by atoms with Gasteiger partial charge in [-0.25, -0.2) is 9.94 Å². The van der Waals surface area contributed by atoms with E-state index in [-0.39, 0.29) is 18.0 Å². The number of amides is 1. The van der Waals surface area contributed by atoms with Gasteiger partial charge in [-0.15, -0.1) is 5.10 Å². The van der Waals surface area contributed by atoms with Crippen LogP contribution in [0.4, 0.5) is 11.6 Å². The minimum atomic E-state index is -0.345. The Labute approximate surface area is 220 Å². The lowest BCUT2D eigenvalue weighted by Crippen LogP contribution is -2.63. The molecule has 3 aliphatic heterocycles. The molecule has 0 aromatic carbocycles. The summed E-state index contributed by atoms with van der Waals surface area (Å²) in [6, 6.07) is 6.31. The molecule has 0 spiro atoms. The maximum atomic E-state index is 12.7. The normalized spacial score (nSPS) is 19.4. The highest BCUT2D eigenvalue weighted by Crippen LogP contribution is 2.37. The number of aromatic nitrogens is 5. The Hall–Kier alpha value is -4.15. The average molecular weight is 517 g/mol. The van der Waals surface area contributed by atoms with E-state index in [4.69, 9.17) is 4.98 Å². The van der Waals surface area contributed by atoms with Gasteiger partial charge in [0.25, 0.3) is 0 Å². The number of hydrazine groups is 1. The van der Waals surface area contributed by atoms with Crippen LogP contribution in [0.3, 0.4) is 0 Å². The molecule has 0 radical (unpaired) electrons. The van der Waals surface area contributed by atoms with Crippen LogP contribution in [0.5, 0.6) is 0 Å². The van der Waals surface area contributed by atoms with Crippen LogP contribution in [0, 0.1) is 18.3 Å². The fourth-order valence-electron chi connectivity index (χ4n) is 5.27.